The van der Waals surface area contributed by atoms with Crippen LogP contribution in [0.1, 0.15) is 37.9 Å². The fourth-order valence-corrected chi connectivity index (χ4v) is 2.66. The first kappa shape index (κ1) is 13.0. The summed E-state index contributed by atoms with van der Waals surface area (Å²) in [5.41, 5.74) is 7.64. The molecule has 0 spiro atoms. The monoisotopic (exact) mass is 246 g/mol. The van der Waals surface area contributed by atoms with Crippen molar-refractivity contribution in [2.24, 2.45) is 11.1 Å². The maximum atomic E-state index is 7.42. The maximum Gasteiger partial charge on any atom is 0.141 e. The van der Waals surface area contributed by atoms with E-state index in [1.807, 2.05) is 12.1 Å². The lowest BCUT2D eigenvalue weighted by Gasteiger charge is -2.38. The van der Waals surface area contributed by atoms with Gasteiger partial charge in [0, 0.05) is 19.3 Å². The molecule has 4 heteroatoms. The van der Waals surface area contributed by atoms with E-state index in [4.69, 9.17) is 11.1 Å². The van der Waals surface area contributed by atoms with E-state index in [0.29, 0.717) is 11.1 Å². The van der Waals surface area contributed by atoms with E-state index in [9.17, 15) is 0 Å². The van der Waals surface area contributed by atoms with Crippen molar-refractivity contribution in [3.63, 3.8) is 0 Å². The van der Waals surface area contributed by atoms with Crippen molar-refractivity contribution in [2.75, 3.05) is 13.1 Å². The first-order valence-corrected chi connectivity index (χ1v) is 6.48. The third-order valence-electron chi connectivity index (χ3n) is 3.49. The van der Waals surface area contributed by atoms with Crippen LogP contribution in [0, 0.1) is 10.8 Å². The van der Waals surface area contributed by atoms with Crippen LogP contribution in [0.25, 0.3) is 0 Å². The van der Waals surface area contributed by atoms with Crippen LogP contribution in [-0.4, -0.2) is 28.8 Å². The van der Waals surface area contributed by atoms with Gasteiger partial charge in [-0.05, 0) is 42.5 Å². The van der Waals surface area contributed by atoms with E-state index in [-0.39, 0.29) is 5.84 Å². The molecule has 0 radical (unpaired) electrons. The third kappa shape index (κ3) is 3.29. The van der Waals surface area contributed by atoms with E-state index < -0.39 is 0 Å². The Morgan fingerprint density at radius 2 is 2.33 bits per heavy atom. The van der Waals surface area contributed by atoms with Crippen molar-refractivity contribution in [1.82, 2.24) is 9.88 Å². The molecule has 0 aliphatic carbocycles. The summed E-state index contributed by atoms with van der Waals surface area (Å²) in [5.74, 6) is 0.0378. The van der Waals surface area contributed by atoms with Crippen LogP contribution < -0.4 is 5.73 Å². The highest BCUT2D eigenvalue weighted by Gasteiger charge is 2.26. The van der Waals surface area contributed by atoms with Gasteiger partial charge in [-0.15, -0.1) is 0 Å². The molecular formula is C14H22N4. The second kappa shape index (κ2) is 5.06. The molecule has 1 aromatic rings. The molecule has 0 saturated carbocycles. The molecule has 1 saturated heterocycles. The van der Waals surface area contributed by atoms with E-state index in [1.54, 1.807) is 6.20 Å². The molecule has 1 fully saturated rings. The smallest absolute Gasteiger partial charge is 0.141 e. The first-order chi connectivity index (χ1) is 8.46. The van der Waals surface area contributed by atoms with Crippen molar-refractivity contribution >= 4 is 5.84 Å². The summed E-state index contributed by atoms with van der Waals surface area (Å²) in [6, 6.07) is 3.93. The van der Waals surface area contributed by atoms with Crippen LogP contribution >= 0.6 is 0 Å². The molecule has 1 aromatic heterocycles. The Labute approximate surface area is 109 Å². The predicted octanol–water partition coefficient (Wildman–Crippen LogP) is 1.99. The summed E-state index contributed by atoms with van der Waals surface area (Å²) < 4.78 is 0. The summed E-state index contributed by atoms with van der Waals surface area (Å²) in [6.07, 6.45) is 4.30. The summed E-state index contributed by atoms with van der Waals surface area (Å²) >= 11 is 0. The van der Waals surface area contributed by atoms with Gasteiger partial charge in [0.25, 0.3) is 0 Å². The Morgan fingerprint density at radius 1 is 1.56 bits per heavy atom. The minimum atomic E-state index is 0.0378. The predicted molar refractivity (Wildman–Crippen MR) is 73.5 cm³/mol. The number of likely N-dealkylation sites (tertiary alicyclic amines) is 1. The zero-order valence-corrected chi connectivity index (χ0v) is 11.2. The van der Waals surface area contributed by atoms with Crippen LogP contribution in [-0.2, 0) is 6.54 Å². The fraction of sp³-hybridized carbons (Fsp3) is 0.571. The number of nitrogens with zero attached hydrogens (tertiary/aromatic N) is 2. The van der Waals surface area contributed by atoms with Crippen molar-refractivity contribution in [3.05, 3.63) is 29.6 Å². The van der Waals surface area contributed by atoms with E-state index in [0.717, 1.165) is 19.6 Å². The molecule has 0 unspecified atom stereocenters. The largest absolute Gasteiger partial charge is 0.382 e. The topological polar surface area (TPSA) is 66.0 Å². The number of aromatic nitrogens is 1. The number of nitrogens with one attached hydrogen (secondary N) is 1. The second-order valence-corrected chi connectivity index (χ2v) is 5.94. The zero-order valence-electron chi connectivity index (χ0n) is 11.2. The number of nitrogens with two attached hydrogens (primary N) is 1. The molecule has 3 N–H and O–H groups in total. The number of hydrogen-bond donors (Lipinski definition) is 2. The minimum absolute atomic E-state index is 0.0378. The van der Waals surface area contributed by atoms with Gasteiger partial charge in [-0.25, -0.2) is 0 Å². The normalized spacial score (nSPS) is 19.7. The molecule has 4 nitrogen and oxygen atoms in total. The summed E-state index contributed by atoms with van der Waals surface area (Å²) in [6.45, 7) is 7.86. The Hall–Kier alpha value is -1.42. The lowest BCUT2D eigenvalue weighted by atomic mass is 9.84. The SMILES string of the molecule is CC1(C)CCCN(Cc2ccnc(C(=N)N)c2)C1. The van der Waals surface area contributed by atoms with Gasteiger partial charge in [-0.1, -0.05) is 13.8 Å². The Balaban J connectivity index is 2.05. The van der Waals surface area contributed by atoms with Crippen molar-refractivity contribution in [1.29, 1.82) is 5.41 Å². The standard InChI is InChI=1S/C14H22N4/c1-14(2)5-3-7-18(10-14)9-11-4-6-17-12(8-11)13(15)16/h4,6,8H,3,5,7,9-10H2,1-2H3,(H3,15,16). The van der Waals surface area contributed by atoms with Gasteiger partial charge in [0.2, 0.25) is 0 Å². The average molecular weight is 246 g/mol. The lowest BCUT2D eigenvalue weighted by molar-refractivity contribution is 0.111. The van der Waals surface area contributed by atoms with Crippen molar-refractivity contribution < 1.29 is 0 Å². The van der Waals surface area contributed by atoms with Gasteiger partial charge in [-0.3, -0.25) is 15.3 Å². The molecule has 2 heterocycles. The van der Waals surface area contributed by atoms with Crippen LogP contribution in [0.2, 0.25) is 0 Å². The average Bonchev–Trinajstić information content (AvgIpc) is 2.28. The highest BCUT2D eigenvalue weighted by molar-refractivity contribution is 5.93. The van der Waals surface area contributed by atoms with Gasteiger partial charge in [-0.2, -0.15) is 0 Å². The molecule has 1 aliphatic heterocycles. The number of rotatable bonds is 3. The highest BCUT2D eigenvalue weighted by Crippen LogP contribution is 2.29. The Kier molecular flexibility index (Phi) is 3.66. The quantitative estimate of drug-likeness (QED) is 0.633. The molecule has 2 rings (SSSR count). The molecule has 0 aromatic carbocycles. The van der Waals surface area contributed by atoms with Gasteiger partial charge in [0.1, 0.15) is 11.5 Å². The molecule has 0 amide bonds. The van der Waals surface area contributed by atoms with Gasteiger partial charge in [0.05, 0.1) is 0 Å². The molecule has 0 atom stereocenters. The van der Waals surface area contributed by atoms with Crippen LogP contribution in [0.5, 0.6) is 0 Å². The van der Waals surface area contributed by atoms with Crippen LogP contribution in [0.4, 0.5) is 0 Å². The lowest BCUT2D eigenvalue weighted by Crippen LogP contribution is -2.39. The van der Waals surface area contributed by atoms with Gasteiger partial charge < -0.3 is 5.73 Å². The van der Waals surface area contributed by atoms with Crippen molar-refractivity contribution in [2.45, 2.75) is 33.2 Å². The number of amidine groups is 1. The summed E-state index contributed by atoms with van der Waals surface area (Å²) in [4.78, 5) is 6.57. The number of pyridine rings is 1. The Morgan fingerprint density at radius 3 is 3.00 bits per heavy atom. The van der Waals surface area contributed by atoms with Gasteiger partial charge >= 0.3 is 0 Å². The molecule has 18 heavy (non-hydrogen) atoms. The summed E-state index contributed by atoms with van der Waals surface area (Å²) in [7, 11) is 0. The Bertz CT molecular complexity index is 439. The van der Waals surface area contributed by atoms with E-state index in [2.05, 4.69) is 23.7 Å². The molecule has 0 bridgehead atoms. The minimum Gasteiger partial charge on any atom is -0.382 e. The van der Waals surface area contributed by atoms with Gasteiger partial charge in [0.15, 0.2) is 0 Å². The highest BCUT2D eigenvalue weighted by atomic mass is 15.1. The number of piperidine rings is 1. The van der Waals surface area contributed by atoms with Crippen molar-refractivity contribution in [3.8, 4) is 0 Å². The second-order valence-electron chi connectivity index (χ2n) is 5.94. The summed E-state index contributed by atoms with van der Waals surface area (Å²) in [5, 5.41) is 7.42. The van der Waals surface area contributed by atoms with E-state index >= 15 is 0 Å². The number of nitrogen functional groups attached to an aromatic ring is 1. The van der Waals surface area contributed by atoms with Crippen LogP contribution in [0.3, 0.4) is 0 Å². The van der Waals surface area contributed by atoms with Crippen LogP contribution in [0.15, 0.2) is 18.3 Å². The number of hydrogen-bond acceptors (Lipinski definition) is 3. The van der Waals surface area contributed by atoms with E-state index in [1.165, 1.54) is 18.4 Å². The zero-order chi connectivity index (χ0) is 13.2. The molecule has 98 valence electrons. The molecule has 1 aliphatic rings. The third-order valence-corrected chi connectivity index (χ3v) is 3.49. The molecular weight excluding hydrogens is 224 g/mol. The first-order valence-electron chi connectivity index (χ1n) is 6.48. The maximum absolute atomic E-state index is 7.42. The fourth-order valence-electron chi connectivity index (χ4n) is 2.66.